The van der Waals surface area contributed by atoms with Gasteiger partial charge >= 0.3 is 0 Å². The smallest absolute Gasteiger partial charge is 0.217 e. The summed E-state index contributed by atoms with van der Waals surface area (Å²) < 4.78 is 21.4. The number of ether oxygens (including phenoxy) is 1. The van der Waals surface area contributed by atoms with Crippen molar-refractivity contribution in [3.63, 3.8) is 0 Å². The molecule has 30 heavy (non-hydrogen) atoms. The Kier molecular flexibility index (Phi) is 4.59. The third-order valence-electron chi connectivity index (χ3n) is 5.25. The summed E-state index contributed by atoms with van der Waals surface area (Å²) >= 11 is 0. The van der Waals surface area contributed by atoms with Crippen molar-refractivity contribution in [2.24, 2.45) is 4.99 Å². The molecule has 5 rings (SSSR count). The fourth-order valence-corrected chi connectivity index (χ4v) is 3.72. The highest BCUT2D eigenvalue weighted by Crippen LogP contribution is 2.34. The predicted octanol–water partition coefficient (Wildman–Crippen LogP) is 4.46. The number of rotatable bonds is 5. The van der Waals surface area contributed by atoms with Crippen molar-refractivity contribution < 1.29 is 9.13 Å². The molecule has 0 aliphatic carbocycles. The van der Waals surface area contributed by atoms with Crippen molar-refractivity contribution in [3.8, 4) is 11.1 Å². The molecule has 1 aliphatic heterocycles. The zero-order chi connectivity index (χ0) is 20.4. The van der Waals surface area contributed by atoms with Crippen molar-refractivity contribution in [2.45, 2.75) is 12.1 Å². The lowest BCUT2D eigenvalue weighted by Crippen LogP contribution is -2.31. The van der Waals surface area contributed by atoms with Crippen molar-refractivity contribution in [1.82, 2.24) is 14.8 Å². The molecule has 0 bridgehead atoms. The molecule has 1 aromatic heterocycles. The fourth-order valence-electron chi connectivity index (χ4n) is 3.72. The normalized spacial score (nSPS) is 18.1. The van der Waals surface area contributed by atoms with E-state index in [4.69, 9.17) is 9.73 Å². The Hall–Kier alpha value is -3.80. The zero-order valence-corrected chi connectivity index (χ0v) is 16.1. The van der Waals surface area contributed by atoms with E-state index in [1.165, 1.54) is 18.5 Å². The largest absolute Gasteiger partial charge is 0.474 e. The first-order valence-electron chi connectivity index (χ1n) is 9.69. The van der Waals surface area contributed by atoms with Gasteiger partial charge in [0.2, 0.25) is 5.90 Å². The Bertz CT molecular complexity index is 1170. The van der Waals surface area contributed by atoms with Crippen molar-refractivity contribution in [1.29, 1.82) is 0 Å². The number of nitrogens with zero attached hydrogens (tertiary/aromatic N) is 4. The summed E-state index contributed by atoms with van der Waals surface area (Å²) in [5.74, 6) is 0.339. The number of hydrogen-bond acceptors (Lipinski definition) is 4. The van der Waals surface area contributed by atoms with E-state index >= 15 is 0 Å². The predicted molar refractivity (Wildman–Crippen MR) is 112 cm³/mol. The number of halogens is 1. The van der Waals surface area contributed by atoms with Gasteiger partial charge in [0.15, 0.2) is 0 Å². The van der Waals surface area contributed by atoms with Crippen LogP contribution in [0, 0.1) is 5.82 Å². The summed E-state index contributed by atoms with van der Waals surface area (Å²) in [4.78, 5) is 9.04. The molecular weight excluding hydrogens is 379 g/mol. The topological polar surface area (TPSA) is 52.3 Å². The molecule has 148 valence electrons. The van der Waals surface area contributed by atoms with Gasteiger partial charge in [-0.05, 0) is 41.0 Å². The van der Waals surface area contributed by atoms with Crippen LogP contribution in [0.4, 0.5) is 4.39 Å². The molecular formula is C24H19FN4O. The average Bonchev–Trinajstić information content (AvgIpc) is 3.46. The van der Waals surface area contributed by atoms with Gasteiger partial charge in [-0.15, -0.1) is 0 Å². The van der Waals surface area contributed by atoms with E-state index in [1.54, 1.807) is 17.1 Å². The van der Waals surface area contributed by atoms with E-state index in [9.17, 15) is 4.39 Å². The lowest BCUT2D eigenvalue weighted by Gasteiger charge is -2.24. The highest BCUT2D eigenvalue weighted by atomic mass is 19.1. The minimum absolute atomic E-state index is 0.249. The van der Waals surface area contributed by atoms with Gasteiger partial charge in [-0.25, -0.2) is 14.4 Å². The average molecular weight is 398 g/mol. The van der Waals surface area contributed by atoms with E-state index < -0.39 is 5.54 Å². The molecule has 6 heteroatoms. The molecule has 0 spiro atoms. The number of hydrogen-bond donors (Lipinski definition) is 0. The maximum atomic E-state index is 13.5. The van der Waals surface area contributed by atoms with Gasteiger partial charge in [0, 0.05) is 5.56 Å². The molecule has 1 aliphatic rings. The number of aromatic nitrogens is 3. The van der Waals surface area contributed by atoms with E-state index in [1.807, 2.05) is 48.5 Å². The number of benzene rings is 3. The third kappa shape index (κ3) is 3.48. The van der Waals surface area contributed by atoms with Crippen LogP contribution in [-0.2, 0) is 16.8 Å². The SMILES string of the molecule is Fc1cccc(-c2ccc(C3=NC(Cn4cncn4)(c4ccccc4)CO3)cc2)c1. The van der Waals surface area contributed by atoms with Crippen LogP contribution < -0.4 is 0 Å². The molecule has 4 aromatic rings. The zero-order valence-electron chi connectivity index (χ0n) is 16.1. The molecule has 0 N–H and O–H groups in total. The third-order valence-corrected chi connectivity index (χ3v) is 5.25. The molecule has 0 saturated heterocycles. The Morgan fingerprint density at radius 2 is 1.70 bits per heavy atom. The van der Waals surface area contributed by atoms with E-state index in [0.717, 1.165) is 22.3 Å². The summed E-state index contributed by atoms with van der Waals surface area (Å²) in [5.41, 5.74) is 3.14. The van der Waals surface area contributed by atoms with Crippen LogP contribution in [0.25, 0.3) is 11.1 Å². The second-order valence-electron chi connectivity index (χ2n) is 7.28. The molecule has 3 aromatic carbocycles. The van der Waals surface area contributed by atoms with E-state index in [0.29, 0.717) is 19.0 Å². The summed E-state index contributed by atoms with van der Waals surface area (Å²) in [6, 6.07) is 24.5. The highest BCUT2D eigenvalue weighted by Gasteiger charge is 2.39. The maximum Gasteiger partial charge on any atom is 0.217 e. The van der Waals surface area contributed by atoms with Crippen LogP contribution in [0.3, 0.4) is 0 Å². The van der Waals surface area contributed by atoms with Gasteiger partial charge in [-0.1, -0.05) is 54.6 Å². The molecule has 0 radical (unpaired) electrons. The van der Waals surface area contributed by atoms with Gasteiger partial charge in [0.1, 0.15) is 30.6 Å². The maximum absolute atomic E-state index is 13.5. The first-order valence-corrected chi connectivity index (χ1v) is 9.69. The van der Waals surface area contributed by atoms with Crippen LogP contribution in [0.5, 0.6) is 0 Å². The lowest BCUT2D eigenvalue weighted by atomic mass is 9.91. The van der Waals surface area contributed by atoms with Crippen molar-refractivity contribution >= 4 is 5.90 Å². The Balaban J connectivity index is 1.48. The second-order valence-corrected chi connectivity index (χ2v) is 7.28. The standard InChI is InChI=1S/C24H19FN4O/c25-22-8-4-5-20(13-22)18-9-11-19(12-10-18)23-28-24(15-30-23,14-29-17-26-16-27-29)21-6-2-1-3-7-21/h1-13,16-17H,14-15H2. The minimum atomic E-state index is -0.578. The van der Waals surface area contributed by atoms with Crippen molar-refractivity contribution in [2.75, 3.05) is 6.61 Å². The van der Waals surface area contributed by atoms with Crippen LogP contribution in [0.2, 0.25) is 0 Å². The van der Waals surface area contributed by atoms with Crippen LogP contribution in [0.1, 0.15) is 11.1 Å². The van der Waals surface area contributed by atoms with Crippen molar-refractivity contribution in [3.05, 3.63) is 108 Å². The molecule has 1 atom stereocenters. The summed E-state index contributed by atoms with van der Waals surface area (Å²) in [5, 5.41) is 4.25. The van der Waals surface area contributed by atoms with Gasteiger partial charge in [-0.2, -0.15) is 5.10 Å². The summed E-state index contributed by atoms with van der Waals surface area (Å²) in [6.07, 6.45) is 3.20. The van der Waals surface area contributed by atoms with E-state index in [-0.39, 0.29) is 5.82 Å². The molecule has 1 unspecified atom stereocenters. The first-order chi connectivity index (χ1) is 14.7. The Morgan fingerprint density at radius 1 is 0.900 bits per heavy atom. The van der Waals surface area contributed by atoms with Crippen LogP contribution in [-0.4, -0.2) is 27.3 Å². The van der Waals surface area contributed by atoms with Gasteiger partial charge in [-0.3, -0.25) is 4.68 Å². The Labute approximate surface area is 173 Å². The second kappa shape index (κ2) is 7.55. The molecule has 5 nitrogen and oxygen atoms in total. The summed E-state index contributed by atoms with van der Waals surface area (Å²) in [6.45, 7) is 0.944. The highest BCUT2D eigenvalue weighted by molar-refractivity contribution is 5.96. The first kappa shape index (κ1) is 18.2. The Morgan fingerprint density at radius 3 is 2.43 bits per heavy atom. The van der Waals surface area contributed by atoms with Gasteiger partial charge in [0.25, 0.3) is 0 Å². The lowest BCUT2D eigenvalue weighted by molar-refractivity contribution is 0.230. The summed E-state index contributed by atoms with van der Waals surface area (Å²) in [7, 11) is 0. The quantitative estimate of drug-likeness (QED) is 0.499. The molecule has 0 saturated carbocycles. The molecule has 0 fully saturated rings. The monoisotopic (exact) mass is 398 g/mol. The number of aliphatic imine (C=N–C) groups is 1. The van der Waals surface area contributed by atoms with Gasteiger partial charge in [0.05, 0.1) is 6.54 Å². The minimum Gasteiger partial charge on any atom is -0.474 e. The fraction of sp³-hybridized carbons (Fsp3) is 0.125. The van der Waals surface area contributed by atoms with Gasteiger partial charge < -0.3 is 4.74 Å². The van der Waals surface area contributed by atoms with E-state index in [2.05, 4.69) is 22.2 Å². The molecule has 2 heterocycles. The molecule has 0 amide bonds. The van der Waals surface area contributed by atoms with Crippen LogP contribution in [0.15, 0.2) is 96.5 Å². The van der Waals surface area contributed by atoms with Crippen LogP contribution >= 0.6 is 0 Å².